The van der Waals surface area contributed by atoms with Crippen LogP contribution in [0.3, 0.4) is 0 Å². The van der Waals surface area contributed by atoms with Gasteiger partial charge in [-0.3, -0.25) is 0 Å². The Bertz CT molecular complexity index is 1820. The molecular weight excluding hydrogens is 494 g/mol. The summed E-state index contributed by atoms with van der Waals surface area (Å²) in [6, 6.07) is 36.0. The van der Waals surface area contributed by atoms with Gasteiger partial charge in [0.1, 0.15) is 11.6 Å². The number of benzene rings is 4. The molecule has 0 fully saturated rings. The third-order valence-corrected chi connectivity index (χ3v) is 6.86. The Balaban J connectivity index is 1.24. The fraction of sp³-hybridized carbons (Fsp3) is 0.0588. The first-order chi connectivity index (χ1) is 19.6. The lowest BCUT2D eigenvalue weighted by Gasteiger charge is -2.16. The molecule has 3 N–H and O–H groups in total. The second-order valence-corrected chi connectivity index (χ2v) is 9.68. The number of anilines is 2. The summed E-state index contributed by atoms with van der Waals surface area (Å²) in [5.41, 5.74) is 9.28. The first-order valence-electron chi connectivity index (χ1n) is 13.1. The van der Waals surface area contributed by atoms with Crippen molar-refractivity contribution >= 4 is 22.8 Å². The fourth-order valence-corrected chi connectivity index (χ4v) is 4.84. The molecule has 0 atom stereocenters. The number of nitrogens with one attached hydrogen (secondary N) is 2. The van der Waals surface area contributed by atoms with E-state index in [1.807, 2.05) is 67.6 Å². The molecule has 0 aliphatic heterocycles. The monoisotopic (exact) mass is 523 g/mol. The summed E-state index contributed by atoms with van der Waals surface area (Å²) in [4.78, 5) is 4.77. The topological polar surface area (TPSA) is 74.5 Å². The molecule has 6 heteroatoms. The van der Waals surface area contributed by atoms with E-state index >= 15 is 0 Å². The molecule has 40 heavy (non-hydrogen) atoms. The fourth-order valence-electron chi connectivity index (χ4n) is 4.84. The van der Waals surface area contributed by atoms with E-state index in [2.05, 4.69) is 58.7 Å². The number of aromatic hydroxyl groups is 1. The van der Waals surface area contributed by atoms with Crippen LogP contribution in [0.5, 0.6) is 5.75 Å². The molecule has 0 saturated carbocycles. The normalized spacial score (nSPS) is 10.9. The van der Waals surface area contributed by atoms with Crippen LogP contribution in [0, 0.1) is 6.92 Å². The maximum atomic E-state index is 10.4. The molecule has 0 aliphatic rings. The molecule has 0 saturated heterocycles. The quantitative estimate of drug-likeness (QED) is 0.190. The highest BCUT2D eigenvalue weighted by Gasteiger charge is 2.13. The molecule has 0 radical (unpaired) electrons. The van der Waals surface area contributed by atoms with Gasteiger partial charge in [-0.1, -0.05) is 85.4 Å². The van der Waals surface area contributed by atoms with E-state index in [1.165, 1.54) is 0 Å². The van der Waals surface area contributed by atoms with Gasteiger partial charge in [-0.2, -0.15) is 9.61 Å². The van der Waals surface area contributed by atoms with Gasteiger partial charge in [0.25, 0.3) is 0 Å². The second kappa shape index (κ2) is 10.8. The van der Waals surface area contributed by atoms with Gasteiger partial charge in [-0.05, 0) is 47.9 Å². The van der Waals surface area contributed by atoms with Crippen molar-refractivity contribution in [3.63, 3.8) is 0 Å². The zero-order chi connectivity index (χ0) is 27.5. The largest absolute Gasteiger partial charge is 0.507 e. The minimum Gasteiger partial charge on any atom is -0.507 e. The lowest BCUT2D eigenvalue weighted by Crippen LogP contribution is -2.07. The molecule has 2 aromatic heterocycles. The first-order valence-corrected chi connectivity index (χ1v) is 13.1. The Hall–Kier alpha value is -5.36. The second-order valence-electron chi connectivity index (χ2n) is 9.68. The minimum atomic E-state index is 0.190. The standard InChI is InChI=1S/C34H29N5O/c1-23-21-36-39-33(20-31(38-34(23)39)30-17-8-9-18-32(30)40)35-22-25-11-10-14-27(19-25)37-24(2)28-15-6-7-16-29(28)26-12-4-3-5-13-26/h3-21,35,37,40H,2,22H2,1H3. The van der Waals surface area contributed by atoms with Gasteiger partial charge in [-0.15, -0.1) is 0 Å². The number of aromatic nitrogens is 3. The molecule has 0 aliphatic carbocycles. The van der Waals surface area contributed by atoms with Crippen LogP contribution in [-0.4, -0.2) is 19.7 Å². The van der Waals surface area contributed by atoms with E-state index in [0.29, 0.717) is 17.8 Å². The summed E-state index contributed by atoms with van der Waals surface area (Å²) in [7, 11) is 0. The van der Waals surface area contributed by atoms with Gasteiger partial charge in [0.15, 0.2) is 5.65 Å². The average molecular weight is 524 g/mol. The van der Waals surface area contributed by atoms with Crippen molar-refractivity contribution in [1.29, 1.82) is 0 Å². The molecule has 4 aromatic carbocycles. The van der Waals surface area contributed by atoms with Crippen molar-refractivity contribution in [3.8, 4) is 28.1 Å². The molecule has 0 amide bonds. The van der Waals surface area contributed by atoms with Crippen molar-refractivity contribution in [2.45, 2.75) is 13.5 Å². The Kier molecular flexibility index (Phi) is 6.73. The van der Waals surface area contributed by atoms with Crippen LogP contribution in [0.4, 0.5) is 11.5 Å². The van der Waals surface area contributed by atoms with Crippen LogP contribution in [0.15, 0.2) is 122 Å². The molecule has 6 aromatic rings. The molecule has 2 heterocycles. The van der Waals surface area contributed by atoms with Crippen LogP contribution < -0.4 is 10.6 Å². The van der Waals surface area contributed by atoms with E-state index in [4.69, 9.17) is 4.98 Å². The van der Waals surface area contributed by atoms with Crippen LogP contribution in [0.25, 0.3) is 33.7 Å². The number of hydrogen-bond donors (Lipinski definition) is 3. The predicted molar refractivity (Wildman–Crippen MR) is 163 cm³/mol. The molecule has 0 bridgehead atoms. The zero-order valence-electron chi connectivity index (χ0n) is 22.2. The van der Waals surface area contributed by atoms with Gasteiger partial charge >= 0.3 is 0 Å². The number of aryl methyl sites for hydroxylation is 1. The highest BCUT2D eigenvalue weighted by Crippen LogP contribution is 2.31. The van der Waals surface area contributed by atoms with Crippen LogP contribution >= 0.6 is 0 Å². The van der Waals surface area contributed by atoms with Gasteiger partial charge < -0.3 is 15.7 Å². The highest BCUT2D eigenvalue weighted by molar-refractivity contribution is 5.85. The predicted octanol–water partition coefficient (Wildman–Crippen LogP) is 7.77. The summed E-state index contributed by atoms with van der Waals surface area (Å²) in [6.07, 6.45) is 1.80. The van der Waals surface area contributed by atoms with E-state index in [-0.39, 0.29) is 5.75 Å². The number of hydrogen-bond acceptors (Lipinski definition) is 5. The zero-order valence-corrected chi connectivity index (χ0v) is 22.2. The van der Waals surface area contributed by atoms with Gasteiger partial charge in [0, 0.05) is 40.7 Å². The van der Waals surface area contributed by atoms with Crippen molar-refractivity contribution in [2.75, 3.05) is 10.6 Å². The SMILES string of the molecule is C=C(Nc1cccc(CNc2cc(-c3ccccc3O)nc3c(C)cnn23)c1)c1ccccc1-c1ccccc1. The van der Waals surface area contributed by atoms with E-state index in [1.54, 1.807) is 22.8 Å². The molecule has 6 nitrogen and oxygen atoms in total. The smallest absolute Gasteiger partial charge is 0.160 e. The van der Waals surface area contributed by atoms with Crippen molar-refractivity contribution < 1.29 is 5.11 Å². The lowest BCUT2D eigenvalue weighted by molar-refractivity contribution is 0.477. The Morgan fingerprint density at radius 1 is 0.850 bits per heavy atom. The summed E-state index contributed by atoms with van der Waals surface area (Å²) in [5, 5.41) is 22.0. The van der Waals surface area contributed by atoms with E-state index < -0.39 is 0 Å². The first kappa shape index (κ1) is 24.9. The minimum absolute atomic E-state index is 0.190. The van der Waals surface area contributed by atoms with Crippen molar-refractivity contribution in [3.05, 3.63) is 139 Å². The Labute approximate surface area is 233 Å². The lowest BCUT2D eigenvalue weighted by atomic mass is 9.98. The molecular formula is C34H29N5O. The van der Waals surface area contributed by atoms with Crippen LogP contribution in [0.2, 0.25) is 0 Å². The summed E-state index contributed by atoms with van der Waals surface area (Å²) in [5.74, 6) is 0.978. The van der Waals surface area contributed by atoms with Crippen molar-refractivity contribution in [1.82, 2.24) is 14.6 Å². The number of nitrogens with zero attached hydrogens (tertiary/aromatic N) is 3. The van der Waals surface area contributed by atoms with E-state index in [9.17, 15) is 5.11 Å². The van der Waals surface area contributed by atoms with Crippen LogP contribution in [0.1, 0.15) is 16.7 Å². The number of para-hydroxylation sites is 1. The summed E-state index contributed by atoms with van der Waals surface area (Å²) < 4.78 is 1.79. The van der Waals surface area contributed by atoms with Gasteiger partial charge in [0.2, 0.25) is 0 Å². The Morgan fingerprint density at radius 3 is 2.42 bits per heavy atom. The Morgan fingerprint density at radius 2 is 1.60 bits per heavy atom. The maximum Gasteiger partial charge on any atom is 0.160 e. The molecule has 0 unspecified atom stereocenters. The number of rotatable bonds is 8. The van der Waals surface area contributed by atoms with Crippen molar-refractivity contribution in [2.24, 2.45) is 0 Å². The van der Waals surface area contributed by atoms with E-state index in [0.717, 1.165) is 50.7 Å². The third-order valence-electron chi connectivity index (χ3n) is 6.86. The summed E-state index contributed by atoms with van der Waals surface area (Å²) >= 11 is 0. The van der Waals surface area contributed by atoms with Crippen LogP contribution in [-0.2, 0) is 6.54 Å². The third kappa shape index (κ3) is 5.02. The molecule has 6 rings (SSSR count). The highest BCUT2D eigenvalue weighted by atomic mass is 16.3. The number of fused-ring (bicyclic) bond motifs is 1. The summed E-state index contributed by atoms with van der Waals surface area (Å²) in [6.45, 7) is 6.89. The number of phenolic OH excluding ortho intramolecular Hbond substituents is 1. The average Bonchev–Trinajstić information content (AvgIpc) is 3.37. The van der Waals surface area contributed by atoms with Gasteiger partial charge in [0.05, 0.1) is 11.9 Å². The number of phenols is 1. The van der Waals surface area contributed by atoms with Gasteiger partial charge in [-0.25, -0.2) is 4.98 Å². The molecule has 196 valence electrons. The molecule has 0 spiro atoms. The maximum absolute atomic E-state index is 10.4.